The molecule has 6 nitrogen and oxygen atoms in total. The normalized spacial score (nSPS) is 20.8. The van der Waals surface area contributed by atoms with E-state index in [-0.39, 0.29) is 23.3 Å². The zero-order chi connectivity index (χ0) is 20.1. The lowest BCUT2D eigenvalue weighted by molar-refractivity contribution is -0.132. The summed E-state index contributed by atoms with van der Waals surface area (Å²) in [5.74, 6) is -0.0292. The third kappa shape index (κ3) is 4.75. The van der Waals surface area contributed by atoms with E-state index in [0.29, 0.717) is 32.5 Å². The summed E-state index contributed by atoms with van der Waals surface area (Å²) in [6.45, 7) is 3.92. The zero-order valence-electron chi connectivity index (χ0n) is 16.0. The summed E-state index contributed by atoms with van der Waals surface area (Å²) in [7, 11) is -3.75. The average molecular weight is 428 g/mol. The first-order valence-corrected chi connectivity index (χ1v) is 12.1. The highest BCUT2D eigenvalue weighted by Crippen LogP contribution is 2.27. The number of benzene rings is 1. The predicted molar refractivity (Wildman–Crippen MR) is 109 cm³/mol. The molecule has 0 unspecified atom stereocenters. The van der Waals surface area contributed by atoms with Gasteiger partial charge in [0.2, 0.25) is 15.9 Å². The lowest BCUT2D eigenvalue weighted by Gasteiger charge is -2.34. The van der Waals surface area contributed by atoms with Gasteiger partial charge in [-0.05, 0) is 43.5 Å². The lowest BCUT2D eigenvalue weighted by Crippen LogP contribution is -2.48. The van der Waals surface area contributed by atoms with E-state index in [1.54, 1.807) is 16.7 Å². The summed E-state index contributed by atoms with van der Waals surface area (Å²) in [6, 6.07) is 4.82. The number of hydrogen-bond donors (Lipinski definition) is 0. The monoisotopic (exact) mass is 427 g/mol. The Morgan fingerprint density at radius 1 is 1.36 bits per heavy atom. The summed E-state index contributed by atoms with van der Waals surface area (Å²) in [5.41, 5.74) is 0. The molecular weight excluding hydrogens is 401 g/mol. The lowest BCUT2D eigenvalue weighted by atomic mass is 9.98. The second kappa shape index (κ2) is 9.37. The summed E-state index contributed by atoms with van der Waals surface area (Å²) >= 11 is 1.59. The summed E-state index contributed by atoms with van der Waals surface area (Å²) in [6.07, 6.45) is 3.14. The van der Waals surface area contributed by atoms with Crippen molar-refractivity contribution in [2.45, 2.75) is 37.5 Å². The van der Waals surface area contributed by atoms with Crippen LogP contribution in [0.3, 0.4) is 0 Å². The van der Waals surface area contributed by atoms with Gasteiger partial charge in [0.1, 0.15) is 5.82 Å². The number of piperidine rings is 1. The van der Waals surface area contributed by atoms with E-state index in [9.17, 15) is 17.6 Å². The minimum Gasteiger partial charge on any atom is -0.291 e. The Labute approximate surface area is 170 Å². The molecule has 154 valence electrons. The fourth-order valence-corrected chi connectivity index (χ4v) is 5.85. The molecule has 1 amide bonds. The molecule has 2 heterocycles. The van der Waals surface area contributed by atoms with Gasteiger partial charge >= 0.3 is 0 Å². The Kier molecular flexibility index (Phi) is 7.11. The van der Waals surface area contributed by atoms with Crippen molar-refractivity contribution in [1.82, 2.24) is 9.21 Å². The van der Waals surface area contributed by atoms with Gasteiger partial charge in [0.25, 0.3) is 0 Å². The van der Waals surface area contributed by atoms with Gasteiger partial charge in [0.05, 0.1) is 17.4 Å². The molecular formula is C19H26FN3O3S2. The first-order valence-electron chi connectivity index (χ1n) is 9.68. The van der Waals surface area contributed by atoms with E-state index in [4.69, 9.17) is 0 Å². The van der Waals surface area contributed by atoms with E-state index in [1.165, 1.54) is 16.4 Å². The topological polar surface area (TPSA) is 70.1 Å². The van der Waals surface area contributed by atoms with Crippen LogP contribution in [0.4, 0.5) is 4.39 Å². The van der Waals surface area contributed by atoms with Crippen molar-refractivity contribution in [3.8, 4) is 0 Å². The number of rotatable bonds is 6. The summed E-state index contributed by atoms with van der Waals surface area (Å²) in [5, 5.41) is 0.761. The number of thioether (sulfide) groups is 1. The van der Waals surface area contributed by atoms with Crippen LogP contribution in [0.25, 0.3) is 0 Å². The molecule has 9 heteroatoms. The molecule has 2 aliphatic rings. The number of halogens is 1. The smallest absolute Gasteiger partial charge is 0.243 e. The minimum atomic E-state index is -3.75. The van der Waals surface area contributed by atoms with Gasteiger partial charge in [-0.25, -0.2) is 12.8 Å². The highest BCUT2D eigenvalue weighted by atomic mass is 32.2. The maximum absolute atomic E-state index is 13.2. The van der Waals surface area contributed by atoms with Crippen LogP contribution in [0.2, 0.25) is 0 Å². The Bertz CT molecular complexity index is 827. The SMILES string of the molecule is CCCCN(C(=O)[C@@H]1CCCN(S(=O)(=O)c2ccc(F)cc2)C1)C1=NCCS1. The van der Waals surface area contributed by atoms with Crippen LogP contribution in [-0.2, 0) is 14.8 Å². The molecule has 0 N–H and O–H groups in total. The second-order valence-corrected chi connectivity index (χ2v) is 10.0. The third-order valence-electron chi connectivity index (χ3n) is 4.99. The van der Waals surface area contributed by atoms with E-state index in [0.717, 1.165) is 35.9 Å². The Balaban J connectivity index is 1.75. The largest absolute Gasteiger partial charge is 0.291 e. The molecule has 0 aromatic heterocycles. The maximum atomic E-state index is 13.2. The van der Waals surface area contributed by atoms with Crippen molar-refractivity contribution in [3.05, 3.63) is 30.1 Å². The predicted octanol–water partition coefficient (Wildman–Crippen LogP) is 2.96. The number of carbonyl (C=O) groups is 1. The maximum Gasteiger partial charge on any atom is 0.243 e. The van der Waals surface area contributed by atoms with Gasteiger partial charge in [-0.1, -0.05) is 25.1 Å². The van der Waals surface area contributed by atoms with Crippen LogP contribution >= 0.6 is 11.8 Å². The van der Waals surface area contributed by atoms with Gasteiger partial charge in [0.15, 0.2) is 5.17 Å². The van der Waals surface area contributed by atoms with Gasteiger partial charge in [0, 0.05) is 25.4 Å². The number of amides is 1. The number of hydrogen-bond acceptors (Lipinski definition) is 5. The molecule has 0 saturated carbocycles. The molecule has 0 aliphatic carbocycles. The molecule has 1 aromatic rings. The first-order chi connectivity index (χ1) is 13.4. The van der Waals surface area contributed by atoms with Crippen LogP contribution in [-0.4, -0.2) is 60.6 Å². The van der Waals surface area contributed by atoms with E-state index < -0.39 is 15.8 Å². The highest BCUT2D eigenvalue weighted by molar-refractivity contribution is 8.14. The highest BCUT2D eigenvalue weighted by Gasteiger charge is 2.36. The van der Waals surface area contributed by atoms with E-state index in [2.05, 4.69) is 11.9 Å². The summed E-state index contributed by atoms with van der Waals surface area (Å²) in [4.78, 5) is 19.5. The van der Waals surface area contributed by atoms with Crippen LogP contribution in [0.1, 0.15) is 32.6 Å². The molecule has 28 heavy (non-hydrogen) atoms. The van der Waals surface area contributed by atoms with Crippen LogP contribution in [0.5, 0.6) is 0 Å². The minimum absolute atomic E-state index is 0.0411. The Hall–Kier alpha value is -1.45. The van der Waals surface area contributed by atoms with Crippen LogP contribution in [0.15, 0.2) is 34.2 Å². The molecule has 1 aromatic carbocycles. The number of carbonyl (C=O) groups excluding carboxylic acids is 1. The molecule has 0 radical (unpaired) electrons. The first kappa shape index (κ1) is 21.3. The molecule has 1 fully saturated rings. The van der Waals surface area contributed by atoms with Crippen LogP contribution < -0.4 is 0 Å². The van der Waals surface area contributed by atoms with Crippen molar-refractivity contribution in [3.63, 3.8) is 0 Å². The average Bonchev–Trinajstić information content (AvgIpc) is 3.23. The molecule has 1 atom stereocenters. The van der Waals surface area contributed by atoms with Crippen molar-refractivity contribution >= 4 is 32.9 Å². The van der Waals surface area contributed by atoms with E-state index in [1.807, 2.05) is 0 Å². The van der Waals surface area contributed by atoms with Crippen molar-refractivity contribution in [2.75, 3.05) is 31.9 Å². The van der Waals surface area contributed by atoms with Crippen molar-refractivity contribution in [1.29, 1.82) is 0 Å². The quantitative estimate of drug-likeness (QED) is 0.700. The van der Waals surface area contributed by atoms with Gasteiger partial charge < -0.3 is 0 Å². The fourth-order valence-electron chi connectivity index (χ4n) is 3.44. The van der Waals surface area contributed by atoms with Gasteiger partial charge in [-0.15, -0.1) is 0 Å². The molecule has 2 aliphatic heterocycles. The summed E-state index contributed by atoms with van der Waals surface area (Å²) < 4.78 is 40.3. The molecule has 0 spiro atoms. The van der Waals surface area contributed by atoms with Crippen molar-refractivity contribution in [2.24, 2.45) is 10.9 Å². The number of amidine groups is 1. The number of aliphatic imine (C=N–C) groups is 1. The van der Waals surface area contributed by atoms with Gasteiger partial charge in [-0.3, -0.25) is 14.7 Å². The Morgan fingerprint density at radius 3 is 2.75 bits per heavy atom. The Morgan fingerprint density at radius 2 is 2.11 bits per heavy atom. The zero-order valence-corrected chi connectivity index (χ0v) is 17.6. The number of unbranched alkanes of at least 4 members (excludes halogenated alkanes) is 1. The standard InChI is InChI=1S/C19H26FN3O3S2/c1-2-3-12-23(19-21-10-13-27-19)18(24)15-5-4-11-22(14-15)28(25,26)17-8-6-16(20)7-9-17/h6-9,15H,2-5,10-14H2,1H3/t15-/m1/s1. The molecule has 3 rings (SSSR count). The molecule has 0 bridgehead atoms. The third-order valence-corrected chi connectivity index (χ3v) is 7.86. The molecule has 1 saturated heterocycles. The fraction of sp³-hybridized carbons (Fsp3) is 0.579. The van der Waals surface area contributed by atoms with Crippen LogP contribution in [0, 0.1) is 11.7 Å². The number of sulfonamides is 1. The van der Waals surface area contributed by atoms with E-state index >= 15 is 0 Å². The van der Waals surface area contributed by atoms with Gasteiger partial charge in [-0.2, -0.15) is 4.31 Å². The van der Waals surface area contributed by atoms with Crippen molar-refractivity contribution < 1.29 is 17.6 Å². The number of nitrogens with zero attached hydrogens (tertiary/aromatic N) is 3. The second-order valence-electron chi connectivity index (χ2n) is 7.01.